The Bertz CT molecular complexity index is 164. The van der Waals surface area contributed by atoms with Crippen LogP contribution in [-0.4, -0.2) is 31.1 Å². The zero-order valence-corrected chi connectivity index (χ0v) is 8.10. The van der Waals surface area contributed by atoms with Crippen molar-refractivity contribution in [1.82, 2.24) is 4.90 Å². The van der Waals surface area contributed by atoms with Crippen LogP contribution in [0.4, 0.5) is 4.53 Å². The molecule has 0 bridgehead atoms. The third kappa shape index (κ3) is 2.41. The summed E-state index contributed by atoms with van der Waals surface area (Å²) in [4.78, 5) is 6.25. The average Bonchev–Trinajstić information content (AvgIpc) is 2.87. The fourth-order valence-corrected chi connectivity index (χ4v) is 2.23. The summed E-state index contributed by atoms with van der Waals surface area (Å²) in [6.07, 6.45) is 6.28. The molecule has 0 aromatic carbocycles. The summed E-state index contributed by atoms with van der Waals surface area (Å²) >= 11 is 0. The molecule has 0 spiro atoms. The first-order chi connectivity index (χ1) is 6.35. The van der Waals surface area contributed by atoms with E-state index in [2.05, 4.69) is 9.84 Å². The van der Waals surface area contributed by atoms with Gasteiger partial charge in [0.25, 0.3) is 0 Å². The van der Waals surface area contributed by atoms with Gasteiger partial charge in [-0.1, -0.05) is 6.42 Å². The van der Waals surface area contributed by atoms with E-state index in [1.165, 1.54) is 32.4 Å². The monoisotopic (exact) mass is 187 g/mol. The molecule has 1 heterocycles. The second-order valence-electron chi connectivity index (χ2n) is 4.59. The molecule has 0 N–H and O–H groups in total. The van der Waals surface area contributed by atoms with Gasteiger partial charge in [0.15, 0.2) is 0 Å². The predicted molar refractivity (Wildman–Crippen MR) is 49.0 cm³/mol. The van der Waals surface area contributed by atoms with Crippen LogP contribution in [-0.2, 0) is 4.94 Å². The Morgan fingerprint density at radius 1 is 1.15 bits per heavy atom. The molecule has 0 amide bonds. The molecular weight excluding hydrogens is 169 g/mol. The Kier molecular flexibility index (Phi) is 2.84. The Balaban J connectivity index is 1.76. The van der Waals surface area contributed by atoms with Gasteiger partial charge in [-0.05, 0) is 43.3 Å². The average molecular weight is 187 g/mol. The second-order valence-corrected chi connectivity index (χ2v) is 4.59. The molecule has 1 aliphatic heterocycles. The van der Waals surface area contributed by atoms with E-state index in [1.807, 2.05) is 0 Å². The lowest BCUT2D eigenvalue weighted by molar-refractivity contribution is -0.151. The maximum Gasteiger partial charge on any atom is 0.0944 e. The van der Waals surface area contributed by atoms with Crippen LogP contribution in [0.3, 0.4) is 0 Å². The van der Waals surface area contributed by atoms with Gasteiger partial charge in [0.2, 0.25) is 0 Å². The minimum absolute atomic E-state index is 0.187. The van der Waals surface area contributed by atoms with Crippen molar-refractivity contribution in [3.63, 3.8) is 0 Å². The van der Waals surface area contributed by atoms with Crippen LogP contribution in [0.5, 0.6) is 0 Å². The molecule has 76 valence electrons. The minimum Gasteiger partial charge on any atom is -0.303 e. The van der Waals surface area contributed by atoms with E-state index in [9.17, 15) is 4.53 Å². The molecule has 0 aromatic rings. The van der Waals surface area contributed by atoms with E-state index in [0.29, 0.717) is 6.61 Å². The van der Waals surface area contributed by atoms with Gasteiger partial charge in [-0.2, -0.15) is 4.94 Å². The molecule has 1 saturated heterocycles. The predicted octanol–water partition coefficient (Wildman–Crippen LogP) is 2.15. The smallest absolute Gasteiger partial charge is 0.0944 e. The normalized spacial score (nSPS) is 27.5. The van der Waals surface area contributed by atoms with Gasteiger partial charge >= 0.3 is 0 Å². The Hall–Kier alpha value is -0.150. The van der Waals surface area contributed by atoms with Crippen LogP contribution in [0.25, 0.3) is 0 Å². The quantitative estimate of drug-likeness (QED) is 0.668. The molecule has 1 saturated carbocycles. The Morgan fingerprint density at radius 2 is 1.85 bits per heavy atom. The first-order valence-corrected chi connectivity index (χ1v) is 5.31. The van der Waals surface area contributed by atoms with Gasteiger partial charge in [-0.3, -0.25) is 0 Å². The van der Waals surface area contributed by atoms with E-state index >= 15 is 0 Å². The summed E-state index contributed by atoms with van der Waals surface area (Å²) in [6.45, 7) is 3.77. The first-order valence-electron chi connectivity index (χ1n) is 5.31. The summed E-state index contributed by atoms with van der Waals surface area (Å²) in [6, 6.07) is 0. The molecule has 13 heavy (non-hydrogen) atoms. The van der Waals surface area contributed by atoms with Gasteiger partial charge in [0.1, 0.15) is 0 Å². The highest BCUT2D eigenvalue weighted by atomic mass is 19.3. The summed E-state index contributed by atoms with van der Waals surface area (Å²) in [5.74, 6) is 0. The fourth-order valence-electron chi connectivity index (χ4n) is 2.23. The summed E-state index contributed by atoms with van der Waals surface area (Å²) in [5.41, 5.74) is 0.187. The zero-order chi connectivity index (χ0) is 9.15. The lowest BCUT2D eigenvalue weighted by atomic mass is 10.1. The van der Waals surface area contributed by atoms with Gasteiger partial charge in [0, 0.05) is 12.0 Å². The number of nitrogens with zero attached hydrogens (tertiary/aromatic N) is 1. The lowest BCUT2D eigenvalue weighted by Gasteiger charge is -2.29. The van der Waals surface area contributed by atoms with E-state index < -0.39 is 0 Å². The molecule has 2 nitrogen and oxygen atoms in total. The first kappa shape index (κ1) is 9.41. The molecule has 0 aromatic heterocycles. The molecular formula is C10H18FNO. The standard InChI is InChI=1S/C10H18FNO/c11-13-9-10(4-5-10)8-12-6-2-1-3-7-12/h1-9H2. The number of likely N-dealkylation sites (tertiary alicyclic amines) is 1. The van der Waals surface area contributed by atoms with E-state index in [-0.39, 0.29) is 5.41 Å². The van der Waals surface area contributed by atoms with E-state index in [1.54, 1.807) is 0 Å². The summed E-state index contributed by atoms with van der Waals surface area (Å²) < 4.78 is 11.8. The number of hydrogen-bond donors (Lipinski definition) is 0. The maximum atomic E-state index is 11.8. The van der Waals surface area contributed by atoms with Crippen LogP contribution in [0.1, 0.15) is 32.1 Å². The van der Waals surface area contributed by atoms with Crippen molar-refractivity contribution in [2.24, 2.45) is 5.41 Å². The van der Waals surface area contributed by atoms with Crippen LogP contribution in [0.15, 0.2) is 0 Å². The largest absolute Gasteiger partial charge is 0.303 e. The molecule has 2 rings (SSSR count). The van der Waals surface area contributed by atoms with Crippen molar-refractivity contribution in [3.8, 4) is 0 Å². The third-order valence-electron chi connectivity index (χ3n) is 3.33. The van der Waals surface area contributed by atoms with Crippen molar-refractivity contribution < 1.29 is 9.47 Å². The van der Waals surface area contributed by atoms with E-state index in [0.717, 1.165) is 19.4 Å². The zero-order valence-electron chi connectivity index (χ0n) is 8.10. The van der Waals surface area contributed by atoms with Crippen molar-refractivity contribution in [1.29, 1.82) is 0 Å². The molecule has 0 atom stereocenters. The van der Waals surface area contributed by atoms with Crippen LogP contribution in [0.2, 0.25) is 0 Å². The molecule has 2 aliphatic rings. The SMILES string of the molecule is FOCC1(CN2CCCCC2)CC1. The molecule has 0 unspecified atom stereocenters. The van der Waals surface area contributed by atoms with Gasteiger partial charge in [-0.25, -0.2) is 0 Å². The van der Waals surface area contributed by atoms with Crippen LogP contribution in [0, 0.1) is 5.41 Å². The van der Waals surface area contributed by atoms with Crippen LogP contribution >= 0.6 is 0 Å². The van der Waals surface area contributed by atoms with Crippen molar-refractivity contribution in [3.05, 3.63) is 0 Å². The molecule has 1 aliphatic carbocycles. The second kappa shape index (κ2) is 3.93. The van der Waals surface area contributed by atoms with E-state index in [4.69, 9.17) is 0 Å². The molecule has 0 radical (unpaired) electrons. The van der Waals surface area contributed by atoms with Gasteiger partial charge in [0.05, 0.1) is 6.61 Å². The topological polar surface area (TPSA) is 12.5 Å². The van der Waals surface area contributed by atoms with Gasteiger partial charge < -0.3 is 4.90 Å². The number of hydrogen-bond acceptors (Lipinski definition) is 2. The van der Waals surface area contributed by atoms with Crippen LogP contribution < -0.4 is 0 Å². The van der Waals surface area contributed by atoms with Gasteiger partial charge in [-0.15, -0.1) is 0 Å². The highest BCUT2D eigenvalue weighted by molar-refractivity contribution is 4.95. The van der Waals surface area contributed by atoms with Crippen molar-refractivity contribution in [2.45, 2.75) is 32.1 Å². The highest BCUT2D eigenvalue weighted by Crippen LogP contribution is 2.46. The molecule has 2 fully saturated rings. The maximum absolute atomic E-state index is 11.8. The Labute approximate surface area is 79.0 Å². The number of halogens is 1. The minimum atomic E-state index is 0.187. The summed E-state index contributed by atoms with van der Waals surface area (Å²) in [7, 11) is 0. The fraction of sp³-hybridized carbons (Fsp3) is 1.00. The number of rotatable bonds is 4. The third-order valence-corrected chi connectivity index (χ3v) is 3.33. The highest BCUT2D eigenvalue weighted by Gasteiger charge is 2.44. The lowest BCUT2D eigenvalue weighted by Crippen LogP contribution is -2.36. The number of piperidine rings is 1. The molecule has 3 heteroatoms. The summed E-state index contributed by atoms with van der Waals surface area (Å²) in [5, 5.41) is 0. The van der Waals surface area contributed by atoms with Crippen molar-refractivity contribution >= 4 is 0 Å². The van der Waals surface area contributed by atoms with Crippen molar-refractivity contribution in [2.75, 3.05) is 26.2 Å². The Morgan fingerprint density at radius 3 is 2.38 bits per heavy atom.